The molecule has 0 radical (unpaired) electrons. The summed E-state index contributed by atoms with van der Waals surface area (Å²) in [5, 5.41) is 7.71. The lowest BCUT2D eigenvalue weighted by Crippen LogP contribution is -2.13. The first-order chi connectivity index (χ1) is 10.7. The highest BCUT2D eigenvalue weighted by atomic mass is 32.1. The molecular formula is C16H16N4OS. The largest absolute Gasteiger partial charge is 0.492 e. The number of benzene rings is 1. The van der Waals surface area contributed by atoms with E-state index in [2.05, 4.69) is 35.1 Å². The number of H-pyrrole nitrogens is 1. The van der Waals surface area contributed by atoms with Crippen LogP contribution in [0, 0.1) is 5.92 Å². The smallest absolute Gasteiger partial charge is 0.184 e. The summed E-state index contributed by atoms with van der Waals surface area (Å²) in [7, 11) is 0. The maximum atomic E-state index is 6.02. The molecule has 0 saturated carbocycles. The van der Waals surface area contributed by atoms with Crippen molar-refractivity contribution >= 4 is 11.3 Å². The van der Waals surface area contributed by atoms with E-state index in [1.54, 1.807) is 11.3 Å². The first-order valence-corrected chi connectivity index (χ1v) is 8.14. The zero-order chi connectivity index (χ0) is 15.1. The number of thiazole rings is 1. The SMILES string of the molecule is CC(C)C1COc2ccccc2-c2nc(-c3ncn[nH]3)sc21. The van der Waals surface area contributed by atoms with Crippen LogP contribution in [0.3, 0.4) is 0 Å². The van der Waals surface area contributed by atoms with E-state index in [1.807, 2.05) is 18.2 Å². The third kappa shape index (κ3) is 2.11. The molecule has 3 aromatic rings. The average Bonchev–Trinajstić information content (AvgIpc) is 3.15. The summed E-state index contributed by atoms with van der Waals surface area (Å²) < 4.78 is 6.02. The molecule has 1 aliphatic rings. The van der Waals surface area contributed by atoms with Gasteiger partial charge in [0.25, 0.3) is 0 Å². The third-order valence-corrected chi connectivity index (χ3v) is 5.17. The molecule has 0 bridgehead atoms. The molecule has 1 aliphatic heterocycles. The van der Waals surface area contributed by atoms with Gasteiger partial charge in [-0.2, -0.15) is 5.10 Å². The highest BCUT2D eigenvalue weighted by Gasteiger charge is 2.30. The molecule has 5 nitrogen and oxygen atoms in total. The van der Waals surface area contributed by atoms with Crippen LogP contribution < -0.4 is 4.74 Å². The van der Waals surface area contributed by atoms with E-state index in [1.165, 1.54) is 11.2 Å². The Balaban J connectivity index is 1.92. The van der Waals surface area contributed by atoms with E-state index in [9.17, 15) is 0 Å². The molecule has 0 spiro atoms. The molecular weight excluding hydrogens is 296 g/mol. The van der Waals surface area contributed by atoms with Crippen molar-refractivity contribution in [1.29, 1.82) is 0 Å². The number of hydrogen-bond acceptors (Lipinski definition) is 5. The van der Waals surface area contributed by atoms with Crippen molar-refractivity contribution in [2.75, 3.05) is 6.61 Å². The number of aromatic amines is 1. The van der Waals surface area contributed by atoms with E-state index >= 15 is 0 Å². The molecule has 1 unspecified atom stereocenters. The molecule has 0 fully saturated rings. The molecule has 1 atom stereocenters. The second-order valence-electron chi connectivity index (χ2n) is 5.72. The number of nitrogens with one attached hydrogen (secondary N) is 1. The van der Waals surface area contributed by atoms with Crippen molar-refractivity contribution in [3.05, 3.63) is 35.5 Å². The van der Waals surface area contributed by atoms with Crippen LogP contribution in [-0.4, -0.2) is 26.8 Å². The van der Waals surface area contributed by atoms with Crippen LogP contribution in [0.5, 0.6) is 5.75 Å². The van der Waals surface area contributed by atoms with Crippen LogP contribution in [0.1, 0.15) is 24.6 Å². The van der Waals surface area contributed by atoms with Crippen LogP contribution in [0.25, 0.3) is 22.1 Å². The van der Waals surface area contributed by atoms with Gasteiger partial charge in [-0.1, -0.05) is 26.0 Å². The molecule has 22 heavy (non-hydrogen) atoms. The minimum Gasteiger partial charge on any atom is -0.492 e. The number of para-hydroxylation sites is 1. The quantitative estimate of drug-likeness (QED) is 0.783. The van der Waals surface area contributed by atoms with Gasteiger partial charge in [-0.25, -0.2) is 9.97 Å². The van der Waals surface area contributed by atoms with Gasteiger partial charge in [0.05, 0.1) is 12.3 Å². The second kappa shape index (κ2) is 5.21. The lowest BCUT2D eigenvalue weighted by atomic mass is 9.93. The highest BCUT2D eigenvalue weighted by Crippen LogP contribution is 2.45. The van der Waals surface area contributed by atoms with Gasteiger partial charge in [0.15, 0.2) is 10.8 Å². The van der Waals surface area contributed by atoms with Gasteiger partial charge in [0.2, 0.25) is 0 Å². The summed E-state index contributed by atoms with van der Waals surface area (Å²) >= 11 is 1.68. The molecule has 112 valence electrons. The number of fused-ring (bicyclic) bond motifs is 3. The first-order valence-electron chi connectivity index (χ1n) is 7.32. The molecule has 3 heterocycles. The number of nitrogens with zero attached hydrogens (tertiary/aromatic N) is 3. The Morgan fingerprint density at radius 3 is 2.95 bits per heavy atom. The third-order valence-electron chi connectivity index (χ3n) is 3.97. The zero-order valence-corrected chi connectivity index (χ0v) is 13.2. The average molecular weight is 312 g/mol. The molecule has 0 amide bonds. The Hall–Kier alpha value is -2.21. The highest BCUT2D eigenvalue weighted by molar-refractivity contribution is 7.15. The predicted molar refractivity (Wildman–Crippen MR) is 86.0 cm³/mol. The molecule has 1 N–H and O–H groups in total. The van der Waals surface area contributed by atoms with Gasteiger partial charge >= 0.3 is 0 Å². The van der Waals surface area contributed by atoms with Crippen molar-refractivity contribution in [1.82, 2.24) is 20.2 Å². The molecule has 2 aromatic heterocycles. The Morgan fingerprint density at radius 1 is 1.32 bits per heavy atom. The van der Waals surface area contributed by atoms with Gasteiger partial charge in [0.1, 0.15) is 12.1 Å². The van der Waals surface area contributed by atoms with Crippen LogP contribution in [0.4, 0.5) is 0 Å². The summed E-state index contributed by atoms with van der Waals surface area (Å²) in [6.45, 7) is 5.13. The molecule has 0 saturated heterocycles. The standard InChI is InChI=1S/C16H16N4OS/c1-9(2)11-7-21-12-6-4-3-5-10(12)13-14(11)22-16(19-13)15-17-8-18-20-15/h3-6,8-9,11H,7H2,1-2H3,(H,17,18,20). The fourth-order valence-electron chi connectivity index (χ4n) is 2.72. The van der Waals surface area contributed by atoms with Crippen LogP contribution in [0.15, 0.2) is 30.6 Å². The minimum atomic E-state index is 0.330. The summed E-state index contributed by atoms with van der Waals surface area (Å²) in [5.74, 6) is 2.44. The monoisotopic (exact) mass is 312 g/mol. The topological polar surface area (TPSA) is 63.7 Å². The maximum absolute atomic E-state index is 6.02. The van der Waals surface area contributed by atoms with Crippen molar-refractivity contribution < 1.29 is 4.74 Å². The second-order valence-corrected chi connectivity index (χ2v) is 6.75. The normalized spacial score (nSPS) is 16.8. The summed E-state index contributed by atoms with van der Waals surface area (Å²) in [4.78, 5) is 10.3. The van der Waals surface area contributed by atoms with Gasteiger partial charge in [-0.3, -0.25) is 5.10 Å². The van der Waals surface area contributed by atoms with E-state index < -0.39 is 0 Å². The lowest BCUT2D eigenvalue weighted by molar-refractivity contribution is 0.265. The minimum absolute atomic E-state index is 0.330. The van der Waals surface area contributed by atoms with Crippen LogP contribution in [-0.2, 0) is 0 Å². The summed E-state index contributed by atoms with van der Waals surface area (Å²) in [6.07, 6.45) is 1.51. The van der Waals surface area contributed by atoms with Gasteiger partial charge in [-0.15, -0.1) is 11.3 Å². The molecule has 6 heteroatoms. The molecule has 1 aromatic carbocycles. The molecule has 0 aliphatic carbocycles. The fraction of sp³-hybridized carbons (Fsp3) is 0.312. The number of aromatic nitrogens is 4. The Labute approximate surface area is 132 Å². The maximum Gasteiger partial charge on any atom is 0.184 e. The summed E-state index contributed by atoms with van der Waals surface area (Å²) in [5.41, 5.74) is 2.07. The Morgan fingerprint density at radius 2 is 2.18 bits per heavy atom. The van der Waals surface area contributed by atoms with Crippen molar-refractivity contribution in [2.24, 2.45) is 5.92 Å². The Kier molecular flexibility index (Phi) is 3.18. The number of ether oxygens (including phenoxy) is 1. The van der Waals surface area contributed by atoms with E-state index in [0.29, 0.717) is 18.4 Å². The van der Waals surface area contributed by atoms with Crippen LogP contribution in [0.2, 0.25) is 0 Å². The fourth-order valence-corrected chi connectivity index (χ4v) is 4.01. The number of rotatable bonds is 2. The number of hydrogen-bond donors (Lipinski definition) is 1. The van der Waals surface area contributed by atoms with E-state index in [-0.39, 0.29) is 0 Å². The van der Waals surface area contributed by atoms with Crippen molar-refractivity contribution in [3.8, 4) is 27.8 Å². The lowest BCUT2D eigenvalue weighted by Gasteiger charge is -2.17. The van der Waals surface area contributed by atoms with Crippen molar-refractivity contribution in [3.63, 3.8) is 0 Å². The van der Waals surface area contributed by atoms with E-state index in [4.69, 9.17) is 9.72 Å². The van der Waals surface area contributed by atoms with E-state index in [0.717, 1.165) is 27.8 Å². The van der Waals surface area contributed by atoms with Crippen molar-refractivity contribution in [2.45, 2.75) is 19.8 Å². The summed E-state index contributed by atoms with van der Waals surface area (Å²) in [6, 6.07) is 8.10. The van der Waals surface area contributed by atoms with Gasteiger partial charge < -0.3 is 4.74 Å². The molecule has 4 rings (SSSR count). The predicted octanol–water partition coefficient (Wildman–Crippen LogP) is 3.73. The zero-order valence-electron chi connectivity index (χ0n) is 12.4. The Bertz CT molecular complexity index is 794. The van der Waals surface area contributed by atoms with Gasteiger partial charge in [0, 0.05) is 16.4 Å². The first kappa shape index (κ1) is 13.5. The van der Waals surface area contributed by atoms with Crippen LogP contribution >= 0.6 is 11.3 Å². The van der Waals surface area contributed by atoms with Gasteiger partial charge in [-0.05, 0) is 18.1 Å².